The van der Waals surface area contributed by atoms with E-state index in [1.165, 1.54) is 10.4 Å². The summed E-state index contributed by atoms with van der Waals surface area (Å²) in [5.41, 5.74) is 2.15. The van der Waals surface area contributed by atoms with Crippen molar-refractivity contribution in [3.63, 3.8) is 0 Å². The number of thiophene rings is 1. The molecule has 4 rings (SSSR count). The fraction of sp³-hybridized carbons (Fsp3) is 0.368. The highest BCUT2D eigenvalue weighted by atomic mass is 32.1. The minimum Gasteiger partial charge on any atom is -0.491 e. The Labute approximate surface area is 151 Å². The number of hydrogen-bond donors (Lipinski definition) is 1. The van der Waals surface area contributed by atoms with Gasteiger partial charge in [-0.15, -0.1) is 11.3 Å². The van der Waals surface area contributed by atoms with E-state index in [1.807, 2.05) is 24.3 Å². The Kier molecular flexibility index (Phi) is 4.55. The summed E-state index contributed by atoms with van der Waals surface area (Å²) in [5, 5.41) is 4.53. The van der Waals surface area contributed by atoms with Crippen molar-refractivity contribution in [2.75, 3.05) is 25.1 Å². The van der Waals surface area contributed by atoms with E-state index < -0.39 is 0 Å². The number of ether oxygens (including phenoxy) is 2. The van der Waals surface area contributed by atoms with Crippen LogP contribution in [0.15, 0.2) is 30.6 Å². The SMILES string of the molecule is Cc1sc2ncnc(Nc3ccccc3OCC3CCOC3)c2c1C. The lowest BCUT2D eigenvalue weighted by Crippen LogP contribution is -2.12. The Morgan fingerprint density at radius 2 is 2.16 bits per heavy atom. The molecular formula is C19H21N3O2S. The van der Waals surface area contributed by atoms with Crippen LogP contribution < -0.4 is 10.1 Å². The minimum absolute atomic E-state index is 0.473. The third kappa shape index (κ3) is 3.32. The molecule has 130 valence electrons. The largest absolute Gasteiger partial charge is 0.491 e. The van der Waals surface area contributed by atoms with E-state index in [2.05, 4.69) is 29.1 Å². The number of nitrogens with zero attached hydrogens (tertiary/aromatic N) is 2. The molecule has 0 bridgehead atoms. The number of fused-ring (bicyclic) bond motifs is 1. The number of anilines is 2. The third-order valence-electron chi connectivity index (χ3n) is 4.60. The maximum atomic E-state index is 6.06. The zero-order valence-electron chi connectivity index (χ0n) is 14.4. The molecule has 3 heterocycles. The van der Waals surface area contributed by atoms with Crippen molar-refractivity contribution in [2.45, 2.75) is 20.3 Å². The summed E-state index contributed by atoms with van der Waals surface area (Å²) in [6.45, 7) is 6.53. The van der Waals surface area contributed by atoms with Crippen LogP contribution >= 0.6 is 11.3 Å². The number of hydrogen-bond acceptors (Lipinski definition) is 6. The summed E-state index contributed by atoms with van der Waals surface area (Å²) >= 11 is 1.70. The summed E-state index contributed by atoms with van der Waals surface area (Å²) in [7, 11) is 0. The van der Waals surface area contributed by atoms with E-state index in [9.17, 15) is 0 Å². The van der Waals surface area contributed by atoms with Crippen LogP contribution in [0.3, 0.4) is 0 Å². The first-order valence-corrected chi connectivity index (χ1v) is 9.31. The second-order valence-electron chi connectivity index (χ2n) is 6.35. The third-order valence-corrected chi connectivity index (χ3v) is 5.72. The maximum absolute atomic E-state index is 6.06. The molecule has 1 N–H and O–H groups in total. The molecule has 1 aliphatic rings. The zero-order valence-corrected chi connectivity index (χ0v) is 15.2. The molecule has 1 unspecified atom stereocenters. The topological polar surface area (TPSA) is 56.3 Å². The molecule has 1 fully saturated rings. The number of nitrogens with one attached hydrogen (secondary N) is 1. The monoisotopic (exact) mass is 355 g/mol. The van der Waals surface area contributed by atoms with Crippen LogP contribution in [0.25, 0.3) is 10.2 Å². The van der Waals surface area contributed by atoms with Crippen LogP contribution in [0, 0.1) is 19.8 Å². The van der Waals surface area contributed by atoms with Gasteiger partial charge in [0.25, 0.3) is 0 Å². The molecule has 0 aliphatic carbocycles. The van der Waals surface area contributed by atoms with Gasteiger partial charge in [0.2, 0.25) is 0 Å². The smallest absolute Gasteiger partial charge is 0.142 e. The molecule has 5 nitrogen and oxygen atoms in total. The van der Waals surface area contributed by atoms with Crippen LogP contribution in [-0.2, 0) is 4.74 Å². The van der Waals surface area contributed by atoms with Gasteiger partial charge in [-0.25, -0.2) is 9.97 Å². The summed E-state index contributed by atoms with van der Waals surface area (Å²) in [6.07, 6.45) is 2.68. The number of aryl methyl sites for hydroxylation is 2. The molecule has 25 heavy (non-hydrogen) atoms. The van der Waals surface area contributed by atoms with Crippen molar-refractivity contribution < 1.29 is 9.47 Å². The average molecular weight is 355 g/mol. The van der Waals surface area contributed by atoms with Crippen molar-refractivity contribution >= 4 is 33.1 Å². The van der Waals surface area contributed by atoms with Gasteiger partial charge in [-0.1, -0.05) is 12.1 Å². The molecule has 0 saturated carbocycles. The van der Waals surface area contributed by atoms with Crippen molar-refractivity contribution in [1.82, 2.24) is 9.97 Å². The van der Waals surface area contributed by atoms with E-state index in [-0.39, 0.29) is 0 Å². The molecule has 1 aromatic carbocycles. The lowest BCUT2D eigenvalue weighted by molar-refractivity contribution is 0.167. The predicted octanol–water partition coefficient (Wildman–Crippen LogP) is 4.47. The van der Waals surface area contributed by atoms with Crippen molar-refractivity contribution in [1.29, 1.82) is 0 Å². The highest BCUT2D eigenvalue weighted by Gasteiger charge is 2.18. The standard InChI is InChI=1S/C19H21N3O2S/c1-12-13(2)25-19-17(12)18(20-11-21-19)22-15-5-3-4-6-16(15)24-10-14-7-8-23-9-14/h3-6,11,14H,7-10H2,1-2H3,(H,20,21,22). The lowest BCUT2D eigenvalue weighted by atomic mass is 10.1. The first kappa shape index (κ1) is 16.3. The van der Waals surface area contributed by atoms with Crippen LogP contribution in [-0.4, -0.2) is 29.8 Å². The fourth-order valence-electron chi connectivity index (χ4n) is 3.02. The average Bonchev–Trinajstić information content (AvgIpc) is 3.23. The van der Waals surface area contributed by atoms with Crippen LogP contribution in [0.2, 0.25) is 0 Å². The van der Waals surface area contributed by atoms with Crippen LogP contribution in [0.5, 0.6) is 5.75 Å². The highest BCUT2D eigenvalue weighted by molar-refractivity contribution is 7.18. The summed E-state index contributed by atoms with van der Waals surface area (Å²) in [6, 6.07) is 7.99. The lowest BCUT2D eigenvalue weighted by Gasteiger charge is -2.15. The van der Waals surface area contributed by atoms with Gasteiger partial charge < -0.3 is 14.8 Å². The number of aromatic nitrogens is 2. The Balaban J connectivity index is 1.60. The molecule has 0 spiro atoms. The number of benzene rings is 1. The molecule has 3 aromatic rings. The minimum atomic E-state index is 0.473. The Hall–Kier alpha value is -2.18. The highest BCUT2D eigenvalue weighted by Crippen LogP contribution is 2.35. The molecule has 2 aromatic heterocycles. The second kappa shape index (κ2) is 6.98. The van der Waals surface area contributed by atoms with Gasteiger partial charge in [0.1, 0.15) is 22.7 Å². The van der Waals surface area contributed by atoms with E-state index in [1.54, 1.807) is 17.7 Å². The summed E-state index contributed by atoms with van der Waals surface area (Å²) in [4.78, 5) is 11.1. The van der Waals surface area contributed by atoms with Gasteiger partial charge in [0, 0.05) is 17.4 Å². The molecule has 1 saturated heterocycles. The van der Waals surface area contributed by atoms with Gasteiger partial charge >= 0.3 is 0 Å². The van der Waals surface area contributed by atoms with E-state index in [4.69, 9.17) is 9.47 Å². The summed E-state index contributed by atoms with van der Waals surface area (Å²) < 4.78 is 11.5. The van der Waals surface area contributed by atoms with Crippen LogP contribution in [0.4, 0.5) is 11.5 Å². The molecule has 1 aliphatic heterocycles. The Morgan fingerprint density at radius 1 is 1.28 bits per heavy atom. The first-order chi connectivity index (χ1) is 12.2. The molecular weight excluding hydrogens is 334 g/mol. The van der Waals surface area contributed by atoms with Gasteiger partial charge in [-0.05, 0) is 38.0 Å². The maximum Gasteiger partial charge on any atom is 0.142 e. The summed E-state index contributed by atoms with van der Waals surface area (Å²) in [5.74, 6) is 2.14. The Bertz CT molecular complexity index is 888. The van der Waals surface area contributed by atoms with Crippen molar-refractivity contribution in [3.05, 3.63) is 41.0 Å². The zero-order chi connectivity index (χ0) is 17.2. The predicted molar refractivity (Wildman–Crippen MR) is 101 cm³/mol. The van der Waals surface area contributed by atoms with E-state index in [0.29, 0.717) is 12.5 Å². The normalized spacial score (nSPS) is 17.1. The quantitative estimate of drug-likeness (QED) is 0.732. The van der Waals surface area contributed by atoms with Crippen molar-refractivity contribution in [2.24, 2.45) is 5.92 Å². The van der Waals surface area contributed by atoms with E-state index >= 15 is 0 Å². The molecule has 6 heteroatoms. The molecule has 0 radical (unpaired) electrons. The van der Waals surface area contributed by atoms with Gasteiger partial charge in [-0.2, -0.15) is 0 Å². The van der Waals surface area contributed by atoms with Gasteiger partial charge in [-0.3, -0.25) is 0 Å². The second-order valence-corrected chi connectivity index (χ2v) is 7.55. The number of para-hydroxylation sites is 2. The molecule has 1 atom stereocenters. The van der Waals surface area contributed by atoms with Crippen LogP contribution in [0.1, 0.15) is 16.9 Å². The molecule has 0 amide bonds. The van der Waals surface area contributed by atoms with E-state index in [0.717, 1.165) is 47.1 Å². The van der Waals surface area contributed by atoms with Crippen molar-refractivity contribution in [3.8, 4) is 5.75 Å². The fourth-order valence-corrected chi connectivity index (χ4v) is 4.02. The van der Waals surface area contributed by atoms with Gasteiger partial charge in [0.05, 0.1) is 24.3 Å². The first-order valence-electron chi connectivity index (χ1n) is 8.49. The number of rotatable bonds is 5. The van der Waals surface area contributed by atoms with Gasteiger partial charge in [0.15, 0.2) is 0 Å². The Morgan fingerprint density at radius 3 is 3.00 bits per heavy atom.